The van der Waals surface area contributed by atoms with Gasteiger partial charge in [-0.1, -0.05) is 148 Å². The fourth-order valence-corrected chi connectivity index (χ4v) is 7.69. The summed E-state index contributed by atoms with van der Waals surface area (Å²) in [6, 6.07) is 0. The van der Waals surface area contributed by atoms with Crippen LogP contribution in [0, 0.1) is 5.92 Å². The molecule has 2 aliphatic heterocycles. The number of allylic oxidation sites excluding steroid dienone is 2. The maximum atomic E-state index is 13.5. The molecule has 0 aromatic rings. The van der Waals surface area contributed by atoms with Crippen LogP contribution in [-0.4, -0.2) is 128 Å². The third kappa shape index (κ3) is 20.3. The van der Waals surface area contributed by atoms with Gasteiger partial charge in [0.2, 0.25) is 0 Å². The van der Waals surface area contributed by atoms with Crippen molar-refractivity contribution in [3.05, 3.63) is 12.2 Å². The first kappa shape index (κ1) is 51.9. The van der Waals surface area contributed by atoms with Crippen molar-refractivity contribution in [2.45, 2.75) is 242 Å². The predicted octanol–water partition coefficient (Wildman–Crippen LogP) is 5.48. The van der Waals surface area contributed by atoms with Gasteiger partial charge in [0.25, 0.3) is 0 Å². The Labute approximate surface area is 343 Å². The molecule has 336 valence electrons. The monoisotopic (exact) mass is 819 g/mol. The molecule has 2 rings (SSSR count). The zero-order chi connectivity index (χ0) is 41.8. The van der Waals surface area contributed by atoms with E-state index in [0.717, 1.165) is 70.6 Å². The van der Waals surface area contributed by atoms with E-state index in [1.807, 2.05) is 0 Å². The van der Waals surface area contributed by atoms with E-state index in [-0.39, 0.29) is 0 Å². The van der Waals surface area contributed by atoms with Crippen LogP contribution in [0.1, 0.15) is 174 Å². The molecule has 0 amide bonds. The topological polar surface area (TPSA) is 216 Å². The molecule has 0 saturated carbocycles. The van der Waals surface area contributed by atoms with Crippen LogP contribution >= 0.6 is 0 Å². The third-order valence-electron chi connectivity index (χ3n) is 11.6. The minimum Gasteiger partial charge on any atom is -0.463 e. The highest BCUT2D eigenvalue weighted by molar-refractivity contribution is 5.73. The summed E-state index contributed by atoms with van der Waals surface area (Å²) in [5.41, 5.74) is 0. The number of rotatable bonds is 33. The average molecular weight is 819 g/mol. The Morgan fingerprint density at radius 3 is 1.44 bits per heavy atom. The van der Waals surface area contributed by atoms with Crippen molar-refractivity contribution in [1.29, 1.82) is 0 Å². The standard InChI is InChI=1S/C44H82O13/c1-3-5-7-9-11-13-15-17-19-21-23-25-27-29-33(46)32(28-26-24-22-20-18-16-14-12-10-8-6-4-2)42(53)54-31-35-37(48)39(50)41(52)44(56-35)57-43-40(51)38(49)36(47)34(30-45)55-43/h13,15,32-41,43-52H,3-12,14,16-31H2,1-2H3. The molecule has 12 unspecified atom stereocenters. The van der Waals surface area contributed by atoms with Gasteiger partial charge in [-0.25, -0.2) is 0 Å². The Balaban J connectivity index is 1.88. The van der Waals surface area contributed by atoms with Gasteiger partial charge in [-0.05, 0) is 38.5 Å². The molecular weight excluding hydrogens is 736 g/mol. The molecule has 12 atom stereocenters. The van der Waals surface area contributed by atoms with E-state index in [0.29, 0.717) is 12.8 Å². The van der Waals surface area contributed by atoms with Crippen molar-refractivity contribution in [1.82, 2.24) is 0 Å². The molecule has 0 bridgehead atoms. The highest BCUT2D eigenvalue weighted by Gasteiger charge is 2.50. The zero-order valence-corrected chi connectivity index (χ0v) is 35.3. The third-order valence-corrected chi connectivity index (χ3v) is 11.6. The summed E-state index contributed by atoms with van der Waals surface area (Å²) in [6.45, 7) is 3.22. The molecule has 0 aromatic heterocycles. The molecule has 2 saturated heterocycles. The first-order chi connectivity index (χ1) is 27.6. The second-order valence-corrected chi connectivity index (χ2v) is 16.5. The SMILES string of the molecule is CCCCCCC=CCCCCCCCC(O)C(CCCCCCCCCCCCCC)C(=O)OCC1OC(OC2OC(CO)C(O)C(O)C2O)C(O)C(O)C1O. The Morgan fingerprint density at radius 1 is 0.544 bits per heavy atom. The summed E-state index contributed by atoms with van der Waals surface area (Å²) in [5, 5.41) is 83.2. The summed E-state index contributed by atoms with van der Waals surface area (Å²) in [7, 11) is 0. The molecule has 2 aliphatic rings. The Bertz CT molecular complexity index is 1010. The summed E-state index contributed by atoms with van der Waals surface area (Å²) >= 11 is 0. The van der Waals surface area contributed by atoms with Crippen LogP contribution in [0.3, 0.4) is 0 Å². The van der Waals surface area contributed by atoms with Gasteiger partial charge >= 0.3 is 5.97 Å². The maximum absolute atomic E-state index is 13.5. The molecule has 0 spiro atoms. The molecule has 57 heavy (non-hydrogen) atoms. The van der Waals surface area contributed by atoms with Crippen molar-refractivity contribution >= 4 is 5.97 Å². The van der Waals surface area contributed by atoms with Gasteiger partial charge in [0, 0.05) is 0 Å². The fourth-order valence-electron chi connectivity index (χ4n) is 7.69. The Hall–Kier alpha value is -1.23. The zero-order valence-electron chi connectivity index (χ0n) is 35.3. The van der Waals surface area contributed by atoms with Crippen LogP contribution in [0.2, 0.25) is 0 Å². The maximum Gasteiger partial charge on any atom is 0.311 e. The van der Waals surface area contributed by atoms with Gasteiger partial charge in [0.15, 0.2) is 12.6 Å². The van der Waals surface area contributed by atoms with E-state index in [9.17, 15) is 45.6 Å². The van der Waals surface area contributed by atoms with Crippen LogP contribution in [0.15, 0.2) is 12.2 Å². The highest BCUT2D eigenvalue weighted by Crippen LogP contribution is 2.29. The van der Waals surface area contributed by atoms with Crippen molar-refractivity contribution in [2.75, 3.05) is 13.2 Å². The molecular formula is C44H82O13. The molecule has 2 heterocycles. The lowest BCUT2D eigenvalue weighted by molar-refractivity contribution is -0.376. The molecule has 0 radical (unpaired) electrons. The van der Waals surface area contributed by atoms with Crippen LogP contribution in [0.25, 0.3) is 0 Å². The molecule has 0 aliphatic carbocycles. The molecule has 13 heteroatoms. The lowest BCUT2D eigenvalue weighted by Gasteiger charge is -2.44. The van der Waals surface area contributed by atoms with Gasteiger partial charge in [-0.15, -0.1) is 0 Å². The van der Waals surface area contributed by atoms with Gasteiger partial charge in [0.1, 0.15) is 55.4 Å². The predicted molar refractivity (Wildman–Crippen MR) is 218 cm³/mol. The summed E-state index contributed by atoms with van der Waals surface area (Å²) in [5.74, 6) is -1.43. The van der Waals surface area contributed by atoms with E-state index in [1.54, 1.807) is 0 Å². The lowest BCUT2D eigenvalue weighted by atomic mass is 9.91. The van der Waals surface area contributed by atoms with Crippen molar-refractivity contribution < 1.29 is 64.6 Å². The van der Waals surface area contributed by atoms with E-state index in [4.69, 9.17) is 18.9 Å². The number of unbranched alkanes of at least 4 members (excludes halogenated alkanes) is 20. The minimum atomic E-state index is -1.82. The quantitative estimate of drug-likeness (QED) is 0.0234. The summed E-state index contributed by atoms with van der Waals surface area (Å²) in [6.07, 6.45) is 14.6. The largest absolute Gasteiger partial charge is 0.463 e. The van der Waals surface area contributed by atoms with E-state index in [1.165, 1.54) is 77.0 Å². The first-order valence-electron chi connectivity index (χ1n) is 22.7. The number of hydrogen-bond donors (Lipinski definition) is 8. The van der Waals surface area contributed by atoms with E-state index >= 15 is 0 Å². The van der Waals surface area contributed by atoms with Crippen molar-refractivity contribution in [3.63, 3.8) is 0 Å². The van der Waals surface area contributed by atoms with Crippen LogP contribution in [0.5, 0.6) is 0 Å². The van der Waals surface area contributed by atoms with Crippen molar-refractivity contribution in [2.24, 2.45) is 5.92 Å². The highest BCUT2D eigenvalue weighted by atomic mass is 16.8. The second-order valence-electron chi connectivity index (χ2n) is 16.5. The number of ether oxygens (including phenoxy) is 4. The number of aliphatic hydroxyl groups is 8. The lowest BCUT2D eigenvalue weighted by Crippen LogP contribution is -2.63. The number of carbonyl (C=O) groups excluding carboxylic acids is 1. The smallest absolute Gasteiger partial charge is 0.311 e. The minimum absolute atomic E-state index is 0.445. The van der Waals surface area contributed by atoms with Crippen LogP contribution in [0.4, 0.5) is 0 Å². The van der Waals surface area contributed by atoms with Gasteiger partial charge in [-0.3, -0.25) is 4.79 Å². The fraction of sp³-hybridized carbons (Fsp3) is 0.932. The van der Waals surface area contributed by atoms with E-state index < -0.39 is 92.6 Å². The summed E-state index contributed by atoms with van der Waals surface area (Å²) < 4.78 is 22.1. The molecule has 8 N–H and O–H groups in total. The Morgan fingerprint density at radius 2 is 0.947 bits per heavy atom. The van der Waals surface area contributed by atoms with Crippen LogP contribution in [-0.2, 0) is 23.7 Å². The van der Waals surface area contributed by atoms with Crippen molar-refractivity contribution in [3.8, 4) is 0 Å². The first-order valence-corrected chi connectivity index (χ1v) is 22.7. The number of esters is 1. The van der Waals surface area contributed by atoms with Gasteiger partial charge < -0.3 is 59.8 Å². The summed E-state index contributed by atoms with van der Waals surface area (Å²) in [4.78, 5) is 13.5. The average Bonchev–Trinajstić information content (AvgIpc) is 3.20. The number of hydrogen-bond acceptors (Lipinski definition) is 13. The van der Waals surface area contributed by atoms with Gasteiger partial charge in [-0.2, -0.15) is 0 Å². The number of carbonyl (C=O) groups is 1. The van der Waals surface area contributed by atoms with Crippen LogP contribution < -0.4 is 0 Å². The molecule has 2 fully saturated rings. The molecule has 0 aromatic carbocycles. The Kier molecular flexibility index (Phi) is 28.8. The van der Waals surface area contributed by atoms with Gasteiger partial charge in [0.05, 0.1) is 18.6 Å². The molecule has 13 nitrogen and oxygen atoms in total. The number of aliphatic hydroxyl groups excluding tert-OH is 8. The second kappa shape index (κ2) is 31.6. The van der Waals surface area contributed by atoms with E-state index in [2.05, 4.69) is 26.0 Å². The normalized spacial score (nSPS) is 29.2.